The summed E-state index contributed by atoms with van der Waals surface area (Å²) in [6.45, 7) is 0.737. The highest BCUT2D eigenvalue weighted by Crippen LogP contribution is 2.18. The lowest BCUT2D eigenvalue weighted by Crippen LogP contribution is -2.04. The minimum atomic E-state index is -0.288. The summed E-state index contributed by atoms with van der Waals surface area (Å²) in [5.74, 6) is -0.288. The summed E-state index contributed by atoms with van der Waals surface area (Å²) in [5, 5.41) is 0.652. The molecule has 2 nitrogen and oxygen atoms in total. The van der Waals surface area contributed by atoms with Gasteiger partial charge in [0.25, 0.3) is 0 Å². The molecular formula is C15H15ClFNO. The van der Waals surface area contributed by atoms with Crippen LogP contribution in [0.25, 0.3) is 0 Å². The van der Waals surface area contributed by atoms with Crippen molar-refractivity contribution in [1.29, 1.82) is 0 Å². The molecule has 0 aliphatic heterocycles. The van der Waals surface area contributed by atoms with Crippen molar-refractivity contribution < 1.29 is 9.13 Å². The Labute approximate surface area is 117 Å². The van der Waals surface area contributed by atoms with Gasteiger partial charge in [-0.1, -0.05) is 48.0 Å². The highest BCUT2D eigenvalue weighted by molar-refractivity contribution is 6.31. The maximum Gasteiger partial charge on any atom is 0.133 e. The first-order valence-corrected chi connectivity index (χ1v) is 6.37. The molecule has 2 aromatic rings. The Morgan fingerprint density at radius 3 is 2.32 bits per heavy atom. The minimum absolute atomic E-state index is 0.185. The van der Waals surface area contributed by atoms with Gasteiger partial charge < -0.3 is 10.5 Å². The van der Waals surface area contributed by atoms with Crippen molar-refractivity contribution in [2.75, 3.05) is 0 Å². The van der Waals surface area contributed by atoms with Crippen LogP contribution in [0.15, 0.2) is 42.5 Å². The molecule has 100 valence electrons. The molecule has 0 radical (unpaired) electrons. The summed E-state index contributed by atoms with van der Waals surface area (Å²) in [6.07, 6.45) is 0. The monoisotopic (exact) mass is 279 g/mol. The van der Waals surface area contributed by atoms with Gasteiger partial charge in [0.15, 0.2) is 0 Å². The van der Waals surface area contributed by atoms with Crippen LogP contribution in [0.4, 0.5) is 4.39 Å². The van der Waals surface area contributed by atoms with Crippen LogP contribution in [0.3, 0.4) is 0 Å². The molecule has 0 aromatic heterocycles. The third kappa shape index (κ3) is 3.53. The fourth-order valence-corrected chi connectivity index (χ4v) is 1.98. The predicted molar refractivity (Wildman–Crippen MR) is 74.2 cm³/mol. The largest absolute Gasteiger partial charge is 0.372 e. The van der Waals surface area contributed by atoms with Crippen LogP contribution in [0.1, 0.15) is 16.7 Å². The van der Waals surface area contributed by atoms with Crippen LogP contribution in [0, 0.1) is 5.82 Å². The lowest BCUT2D eigenvalue weighted by atomic mass is 10.1. The van der Waals surface area contributed by atoms with Gasteiger partial charge in [0.05, 0.1) is 13.2 Å². The van der Waals surface area contributed by atoms with E-state index < -0.39 is 0 Å². The summed E-state index contributed by atoms with van der Waals surface area (Å²) < 4.78 is 19.4. The van der Waals surface area contributed by atoms with Crippen molar-refractivity contribution in [3.8, 4) is 0 Å². The van der Waals surface area contributed by atoms with Crippen LogP contribution in [0.5, 0.6) is 0 Å². The lowest BCUT2D eigenvalue weighted by molar-refractivity contribution is 0.105. The highest BCUT2D eigenvalue weighted by Gasteiger charge is 2.07. The second kappa shape index (κ2) is 6.66. The molecule has 0 amide bonds. The molecule has 4 heteroatoms. The van der Waals surface area contributed by atoms with Gasteiger partial charge >= 0.3 is 0 Å². The number of hydrogen-bond donors (Lipinski definition) is 1. The maximum absolute atomic E-state index is 13.9. The second-order valence-corrected chi connectivity index (χ2v) is 4.59. The number of benzene rings is 2. The molecule has 0 atom stereocenters. The van der Waals surface area contributed by atoms with Crippen molar-refractivity contribution >= 4 is 11.6 Å². The smallest absolute Gasteiger partial charge is 0.133 e. The van der Waals surface area contributed by atoms with Gasteiger partial charge in [0.2, 0.25) is 0 Å². The first-order valence-electron chi connectivity index (χ1n) is 6.00. The van der Waals surface area contributed by atoms with Crippen molar-refractivity contribution in [2.24, 2.45) is 5.73 Å². The van der Waals surface area contributed by atoms with Gasteiger partial charge in [-0.15, -0.1) is 0 Å². The molecule has 2 rings (SSSR count). The Kier molecular flexibility index (Phi) is 4.91. The Morgan fingerprint density at radius 2 is 1.58 bits per heavy atom. The van der Waals surface area contributed by atoms with Gasteiger partial charge in [-0.25, -0.2) is 4.39 Å². The second-order valence-electron chi connectivity index (χ2n) is 4.18. The minimum Gasteiger partial charge on any atom is -0.372 e. The topological polar surface area (TPSA) is 35.2 Å². The molecule has 0 saturated carbocycles. The number of halogens is 2. The third-order valence-electron chi connectivity index (χ3n) is 2.85. The zero-order valence-corrected chi connectivity index (χ0v) is 11.2. The van der Waals surface area contributed by atoms with E-state index in [1.54, 1.807) is 24.3 Å². The zero-order valence-electron chi connectivity index (χ0n) is 10.4. The first kappa shape index (κ1) is 14.0. The average Bonchev–Trinajstić information content (AvgIpc) is 2.43. The molecule has 0 bridgehead atoms. The maximum atomic E-state index is 13.9. The Morgan fingerprint density at radius 1 is 0.947 bits per heavy atom. The van der Waals surface area contributed by atoms with E-state index >= 15 is 0 Å². The quantitative estimate of drug-likeness (QED) is 0.907. The fourth-order valence-electron chi connectivity index (χ4n) is 1.79. The molecule has 0 unspecified atom stereocenters. The van der Waals surface area contributed by atoms with Crippen LogP contribution in [-0.2, 0) is 24.5 Å². The summed E-state index contributed by atoms with van der Waals surface area (Å²) >= 11 is 6.01. The summed E-state index contributed by atoms with van der Waals surface area (Å²) in [4.78, 5) is 0. The third-order valence-corrected chi connectivity index (χ3v) is 3.22. The first-order chi connectivity index (χ1) is 9.22. The molecule has 19 heavy (non-hydrogen) atoms. The normalized spacial score (nSPS) is 10.7. The van der Waals surface area contributed by atoms with E-state index in [1.165, 1.54) is 0 Å². The Hall–Kier alpha value is -1.42. The molecule has 0 aliphatic carbocycles. The number of nitrogens with two attached hydrogens (primary N) is 1. The van der Waals surface area contributed by atoms with Crippen molar-refractivity contribution in [3.05, 3.63) is 70.0 Å². The van der Waals surface area contributed by atoms with Crippen molar-refractivity contribution in [1.82, 2.24) is 0 Å². The van der Waals surface area contributed by atoms with Crippen LogP contribution in [0.2, 0.25) is 5.02 Å². The van der Waals surface area contributed by atoms with E-state index in [1.807, 2.05) is 18.2 Å². The van der Waals surface area contributed by atoms with Gasteiger partial charge in [-0.05, 0) is 11.6 Å². The van der Waals surface area contributed by atoms with E-state index in [-0.39, 0.29) is 19.0 Å². The van der Waals surface area contributed by atoms with Crippen molar-refractivity contribution in [2.45, 2.75) is 19.8 Å². The van der Waals surface area contributed by atoms with E-state index in [9.17, 15) is 4.39 Å². The van der Waals surface area contributed by atoms with Crippen LogP contribution >= 0.6 is 11.6 Å². The van der Waals surface area contributed by atoms with Gasteiger partial charge in [-0.3, -0.25) is 0 Å². The highest BCUT2D eigenvalue weighted by atomic mass is 35.5. The van der Waals surface area contributed by atoms with E-state index in [0.717, 1.165) is 5.56 Å². The van der Waals surface area contributed by atoms with Crippen LogP contribution in [-0.4, -0.2) is 0 Å². The molecular weight excluding hydrogens is 265 g/mol. The van der Waals surface area contributed by atoms with E-state index in [4.69, 9.17) is 22.1 Å². The van der Waals surface area contributed by atoms with Crippen molar-refractivity contribution in [3.63, 3.8) is 0 Å². The summed E-state index contributed by atoms with van der Waals surface area (Å²) in [5.41, 5.74) is 7.36. The lowest BCUT2D eigenvalue weighted by Gasteiger charge is -2.09. The van der Waals surface area contributed by atoms with E-state index in [0.29, 0.717) is 22.8 Å². The molecule has 0 saturated heterocycles. The number of hydrogen-bond acceptors (Lipinski definition) is 2. The predicted octanol–water partition coefficient (Wildman–Crippen LogP) is 3.65. The fraction of sp³-hybridized carbons (Fsp3) is 0.200. The average molecular weight is 280 g/mol. The van der Waals surface area contributed by atoms with Gasteiger partial charge in [0.1, 0.15) is 5.82 Å². The summed E-state index contributed by atoms with van der Waals surface area (Å²) in [6, 6.07) is 12.6. The van der Waals surface area contributed by atoms with Gasteiger partial charge in [0, 0.05) is 22.7 Å². The molecule has 0 spiro atoms. The van der Waals surface area contributed by atoms with Gasteiger partial charge in [-0.2, -0.15) is 0 Å². The number of rotatable bonds is 5. The molecule has 2 aromatic carbocycles. The van der Waals surface area contributed by atoms with E-state index in [2.05, 4.69) is 0 Å². The molecule has 2 N–H and O–H groups in total. The SMILES string of the molecule is NCc1cccc(COCc2ccccc2Cl)c1F. The molecule has 0 aliphatic rings. The number of ether oxygens (including phenoxy) is 1. The Bertz CT molecular complexity index is 560. The molecule has 0 fully saturated rings. The molecule has 0 heterocycles. The van der Waals surface area contributed by atoms with Crippen LogP contribution < -0.4 is 5.73 Å². The zero-order chi connectivity index (χ0) is 13.7. The standard InChI is InChI=1S/C15H15ClFNO/c16-14-7-2-1-4-12(14)9-19-10-13-6-3-5-11(8-18)15(13)17/h1-7H,8-10,18H2. The Balaban J connectivity index is 1.98. The summed E-state index contributed by atoms with van der Waals surface area (Å²) in [7, 11) is 0.